The minimum atomic E-state index is -0.748. The molecule has 7 rings (SSSR count). The maximum Gasteiger partial charge on any atom is 0.310 e. The molecule has 4 heterocycles. The maximum absolute atomic E-state index is 11.7. The fourth-order valence-electron chi connectivity index (χ4n) is 7.01. The number of aliphatic hydroxyl groups excluding tert-OH is 1. The van der Waals surface area contributed by atoms with Crippen LogP contribution < -0.4 is 10.6 Å². The summed E-state index contributed by atoms with van der Waals surface area (Å²) in [5.41, 5.74) is 9.24. The number of aromatic nitrogens is 3. The number of anilines is 2. The van der Waals surface area contributed by atoms with E-state index in [9.17, 15) is 20.3 Å². The Labute approximate surface area is 302 Å². The minimum absolute atomic E-state index is 0.0200. The first kappa shape index (κ1) is 34.8. The van der Waals surface area contributed by atoms with Gasteiger partial charge in [-0.1, -0.05) is 24.3 Å². The Bertz CT molecular complexity index is 2360. The van der Waals surface area contributed by atoms with E-state index in [1.54, 1.807) is 12.3 Å². The predicted octanol–water partition coefficient (Wildman–Crippen LogP) is 7.10. The topological polar surface area (TPSA) is 160 Å². The van der Waals surface area contributed by atoms with Crippen molar-refractivity contribution >= 4 is 39.5 Å². The summed E-state index contributed by atoms with van der Waals surface area (Å²) in [6, 6.07) is 22.1. The zero-order valence-corrected chi connectivity index (χ0v) is 29.7. The number of rotatable bonds is 11. The number of carbonyl (C=O) groups is 1. The van der Waals surface area contributed by atoms with Crippen molar-refractivity contribution in [1.82, 2.24) is 25.2 Å². The average Bonchev–Trinajstić information content (AvgIpc) is 3.75. The molecule has 264 valence electrons. The highest BCUT2D eigenvalue weighted by Crippen LogP contribution is 2.38. The van der Waals surface area contributed by atoms with Gasteiger partial charge in [0.05, 0.1) is 17.6 Å². The molecule has 0 saturated carbocycles. The van der Waals surface area contributed by atoms with Gasteiger partial charge in [0.1, 0.15) is 17.1 Å². The Hall–Kier alpha value is -5.67. The highest BCUT2D eigenvalue weighted by atomic mass is 16.4. The second-order valence-electron chi connectivity index (χ2n) is 14.1. The molecule has 4 N–H and O–H groups in total. The van der Waals surface area contributed by atoms with Gasteiger partial charge in [0.25, 0.3) is 0 Å². The van der Waals surface area contributed by atoms with E-state index in [4.69, 9.17) is 14.4 Å². The number of nitrogens with zero attached hydrogens (tertiary/aromatic N) is 5. The van der Waals surface area contributed by atoms with Gasteiger partial charge >= 0.3 is 5.97 Å². The van der Waals surface area contributed by atoms with E-state index in [0.717, 1.165) is 62.1 Å². The molecule has 11 heteroatoms. The normalized spacial score (nSPS) is 16.7. The minimum Gasteiger partial charge on any atom is -0.481 e. The standard InChI is InChI=1S/C41H41N7O4/c1-24(22-49)44-19-27-15-30(18-42)37-35(17-27)47-39(52-37)33-9-5-7-31(25(33)2)32-8-6-10-34(26(32)3)46-38-36-29(11-13-43-38)16-28(20-45-36)21-48-14-12-41(4,23-48)40(50)51/h5-11,13,15-17,20,24,44,49H,12,14,19,21-23H2,1-4H3,(H,43,46)(H,50,51). The van der Waals surface area contributed by atoms with Gasteiger partial charge in [0.2, 0.25) is 5.89 Å². The van der Waals surface area contributed by atoms with Crippen LogP contribution in [0.3, 0.4) is 0 Å². The van der Waals surface area contributed by atoms with Gasteiger partial charge in [-0.2, -0.15) is 5.26 Å². The third-order valence-corrected chi connectivity index (χ3v) is 10.2. The molecular weight excluding hydrogens is 654 g/mol. The van der Waals surface area contributed by atoms with Crippen LogP contribution in [-0.4, -0.2) is 61.8 Å². The lowest BCUT2D eigenvalue weighted by Gasteiger charge is -2.20. The highest BCUT2D eigenvalue weighted by molar-refractivity contribution is 5.91. The van der Waals surface area contributed by atoms with Crippen molar-refractivity contribution in [3.63, 3.8) is 0 Å². The molecule has 0 spiro atoms. The number of benzene rings is 3. The summed E-state index contributed by atoms with van der Waals surface area (Å²) in [4.78, 5) is 28.2. The first-order chi connectivity index (χ1) is 25.1. The molecule has 1 saturated heterocycles. The number of likely N-dealkylation sites (tertiary alicyclic amines) is 1. The van der Waals surface area contributed by atoms with Crippen LogP contribution in [0.2, 0.25) is 0 Å². The van der Waals surface area contributed by atoms with Crippen LogP contribution in [0.5, 0.6) is 0 Å². The van der Waals surface area contributed by atoms with Crippen molar-refractivity contribution < 1.29 is 19.4 Å². The number of carboxylic acids is 1. The molecule has 11 nitrogen and oxygen atoms in total. The van der Waals surface area contributed by atoms with Gasteiger partial charge < -0.3 is 25.3 Å². The van der Waals surface area contributed by atoms with Crippen LogP contribution in [0.4, 0.5) is 11.5 Å². The highest BCUT2D eigenvalue weighted by Gasteiger charge is 2.40. The second kappa shape index (κ2) is 14.2. The maximum atomic E-state index is 11.7. The molecule has 6 aromatic rings. The summed E-state index contributed by atoms with van der Waals surface area (Å²) < 4.78 is 6.24. The average molecular weight is 696 g/mol. The summed E-state index contributed by atoms with van der Waals surface area (Å²) in [6.45, 7) is 10.2. The monoisotopic (exact) mass is 695 g/mol. The predicted molar refractivity (Wildman–Crippen MR) is 201 cm³/mol. The van der Waals surface area contributed by atoms with Crippen molar-refractivity contribution in [3.8, 4) is 28.7 Å². The second-order valence-corrected chi connectivity index (χ2v) is 14.1. The number of nitrogens with one attached hydrogen (secondary N) is 2. The number of pyridine rings is 2. The van der Waals surface area contributed by atoms with E-state index in [1.807, 2.05) is 63.4 Å². The number of oxazole rings is 1. The van der Waals surface area contributed by atoms with Crippen molar-refractivity contribution in [2.45, 2.75) is 53.2 Å². The van der Waals surface area contributed by atoms with Gasteiger partial charge in [-0.25, -0.2) is 9.97 Å². The molecule has 1 aliphatic heterocycles. The van der Waals surface area contributed by atoms with E-state index < -0.39 is 11.4 Å². The SMILES string of the molecule is Cc1c(Nc2nccc3cc(CN4CCC(C)(C(=O)O)C4)cnc23)cccc1-c1cccc(-c2nc3cc(CNC(C)CO)cc(C#N)c3o2)c1C. The number of hydrogen-bond acceptors (Lipinski definition) is 10. The molecule has 0 aliphatic carbocycles. The molecular formula is C41H41N7O4. The van der Waals surface area contributed by atoms with Gasteiger partial charge in [-0.05, 0) is 110 Å². The van der Waals surface area contributed by atoms with Crippen LogP contribution in [0.1, 0.15) is 48.1 Å². The fraction of sp³-hybridized carbons (Fsp3) is 0.293. The Kier molecular flexibility index (Phi) is 9.46. The lowest BCUT2D eigenvalue weighted by molar-refractivity contribution is -0.147. The zero-order valence-electron chi connectivity index (χ0n) is 29.7. The van der Waals surface area contributed by atoms with Crippen LogP contribution in [0.15, 0.2) is 77.5 Å². The van der Waals surface area contributed by atoms with E-state index >= 15 is 0 Å². The molecule has 3 aromatic heterocycles. The molecule has 0 bridgehead atoms. The van der Waals surface area contributed by atoms with Gasteiger partial charge in [-0.15, -0.1) is 0 Å². The zero-order chi connectivity index (χ0) is 36.6. The molecule has 2 unspecified atom stereocenters. The summed E-state index contributed by atoms with van der Waals surface area (Å²) in [5.74, 6) is 0.342. The Morgan fingerprint density at radius 2 is 1.83 bits per heavy atom. The van der Waals surface area contributed by atoms with Gasteiger partial charge in [-0.3, -0.25) is 14.7 Å². The molecule has 2 atom stereocenters. The lowest BCUT2D eigenvalue weighted by Crippen LogP contribution is -2.31. The number of aliphatic carboxylic acids is 1. The largest absolute Gasteiger partial charge is 0.481 e. The summed E-state index contributed by atoms with van der Waals surface area (Å²) >= 11 is 0. The van der Waals surface area contributed by atoms with Gasteiger partial charge in [0, 0.05) is 54.7 Å². The Balaban J connectivity index is 1.15. The third kappa shape index (κ3) is 6.72. The number of nitriles is 1. The van der Waals surface area contributed by atoms with Gasteiger partial charge in [0.15, 0.2) is 11.4 Å². The molecule has 0 amide bonds. The summed E-state index contributed by atoms with van der Waals surface area (Å²) in [7, 11) is 0. The number of carboxylic acid groups (broad SMARTS) is 1. The molecule has 0 radical (unpaired) electrons. The van der Waals surface area contributed by atoms with Crippen LogP contribution in [0.25, 0.3) is 44.6 Å². The molecule has 1 fully saturated rings. The van der Waals surface area contributed by atoms with E-state index in [-0.39, 0.29) is 12.6 Å². The lowest BCUT2D eigenvalue weighted by atomic mass is 9.90. The molecule has 52 heavy (non-hydrogen) atoms. The quantitative estimate of drug-likeness (QED) is 0.109. The van der Waals surface area contributed by atoms with Crippen LogP contribution in [0, 0.1) is 30.6 Å². The van der Waals surface area contributed by atoms with E-state index in [2.05, 4.69) is 51.7 Å². The summed E-state index contributed by atoms with van der Waals surface area (Å²) in [5, 5.41) is 36.6. The van der Waals surface area contributed by atoms with Crippen molar-refractivity contribution in [2.24, 2.45) is 5.41 Å². The Morgan fingerprint density at radius 3 is 2.58 bits per heavy atom. The first-order valence-electron chi connectivity index (χ1n) is 17.4. The van der Waals surface area contributed by atoms with Crippen LogP contribution >= 0.6 is 0 Å². The van der Waals surface area contributed by atoms with Crippen molar-refractivity contribution in [1.29, 1.82) is 5.26 Å². The fourth-order valence-corrected chi connectivity index (χ4v) is 7.01. The molecule has 1 aliphatic rings. The molecule has 3 aromatic carbocycles. The van der Waals surface area contributed by atoms with Crippen LogP contribution in [-0.2, 0) is 17.9 Å². The number of hydrogen-bond donors (Lipinski definition) is 4. The first-order valence-corrected chi connectivity index (χ1v) is 17.4. The van der Waals surface area contributed by atoms with Crippen molar-refractivity contribution in [2.75, 3.05) is 25.0 Å². The van der Waals surface area contributed by atoms with Crippen molar-refractivity contribution in [3.05, 3.63) is 101 Å². The van der Waals surface area contributed by atoms with E-state index in [1.165, 1.54) is 0 Å². The van der Waals surface area contributed by atoms with E-state index in [0.29, 0.717) is 54.4 Å². The number of aliphatic hydroxyl groups is 1. The smallest absolute Gasteiger partial charge is 0.310 e. The Morgan fingerprint density at radius 1 is 1.06 bits per heavy atom. The third-order valence-electron chi connectivity index (χ3n) is 10.2. The summed E-state index contributed by atoms with van der Waals surface area (Å²) in [6.07, 6.45) is 4.26. The number of fused-ring (bicyclic) bond motifs is 2.